The van der Waals surface area contributed by atoms with Crippen LogP contribution in [0.3, 0.4) is 0 Å². The molecule has 3 fully saturated rings. The quantitative estimate of drug-likeness (QED) is 0.108. The van der Waals surface area contributed by atoms with Crippen molar-refractivity contribution < 1.29 is 52.5 Å². The smallest absolute Gasteiger partial charge is 0.337 e. The minimum atomic E-state index is -1.37. The van der Waals surface area contributed by atoms with Crippen molar-refractivity contribution in [3.63, 3.8) is 0 Å². The van der Waals surface area contributed by atoms with Crippen LogP contribution in [0.25, 0.3) is 10.4 Å². The number of hydrogen-bond donors (Lipinski definition) is 1. The van der Waals surface area contributed by atoms with Gasteiger partial charge in [-0.05, 0) is 36.1 Å². The van der Waals surface area contributed by atoms with E-state index in [0.29, 0.717) is 0 Å². The second-order valence-electron chi connectivity index (χ2n) is 12.9. The number of nitrogens with zero attached hydrogens (tertiary/aromatic N) is 3. The standard InChI is InChI=1S/C37H43N3O11/c1-37(2)50-33-30(46-21-25-17-11-6-12-18-25)31(32(34(42)43-3)49-36(33)51-37)48-35-27(39-40-38)29(45-20-24-15-9-5-10-16-24)28(41)26(47-35)22-44-19-23-13-7-4-8-14-23/h4-18,26-33,35-36,41H,19-22H2,1-3H3/t26?,27?,28-,29+,30?,31+,32-,33?,35-,36-/m1/s1. The van der Waals surface area contributed by atoms with Crippen LogP contribution in [0.5, 0.6) is 0 Å². The largest absolute Gasteiger partial charge is 0.467 e. The van der Waals surface area contributed by atoms with E-state index in [1.807, 2.05) is 91.0 Å². The molecule has 14 heteroatoms. The molecule has 0 aromatic heterocycles. The summed E-state index contributed by atoms with van der Waals surface area (Å²) in [5.41, 5.74) is 12.3. The summed E-state index contributed by atoms with van der Waals surface area (Å²) in [7, 11) is 1.23. The zero-order chi connectivity index (χ0) is 35.8. The van der Waals surface area contributed by atoms with Crippen LogP contribution in [0.2, 0.25) is 0 Å². The first-order chi connectivity index (χ1) is 24.8. The van der Waals surface area contributed by atoms with Crippen molar-refractivity contribution in [2.45, 2.75) is 101 Å². The molecular weight excluding hydrogens is 662 g/mol. The average Bonchev–Trinajstić information content (AvgIpc) is 3.46. The molecule has 3 aromatic rings. The van der Waals surface area contributed by atoms with Crippen LogP contribution in [-0.4, -0.2) is 91.9 Å². The first-order valence-electron chi connectivity index (χ1n) is 16.8. The third-order valence-electron chi connectivity index (χ3n) is 8.83. The number of ether oxygens (including phenoxy) is 9. The van der Waals surface area contributed by atoms with Gasteiger partial charge in [-0.25, -0.2) is 4.79 Å². The van der Waals surface area contributed by atoms with E-state index >= 15 is 0 Å². The molecule has 3 aliphatic heterocycles. The fraction of sp³-hybridized carbons (Fsp3) is 0.486. The van der Waals surface area contributed by atoms with Gasteiger partial charge < -0.3 is 47.7 Å². The summed E-state index contributed by atoms with van der Waals surface area (Å²) >= 11 is 0. The van der Waals surface area contributed by atoms with E-state index in [1.54, 1.807) is 13.8 Å². The van der Waals surface area contributed by atoms with Crippen LogP contribution in [0.1, 0.15) is 30.5 Å². The Morgan fingerprint density at radius 1 is 0.824 bits per heavy atom. The highest BCUT2D eigenvalue weighted by atomic mass is 16.8. The molecule has 10 atom stereocenters. The SMILES string of the molecule is COC(=O)[C@@H]1O[C@@H]2OC(C)(C)OC2C(OCc2ccccc2)[C@@H]1O[C@H]1OC(COCc2ccccc2)[C@@H](O)[C@@H](OCc2ccccc2)C1N=[N+]=[N-]. The number of esters is 1. The first kappa shape index (κ1) is 36.9. The van der Waals surface area contributed by atoms with E-state index in [9.17, 15) is 15.4 Å². The molecular formula is C37H43N3O11. The molecule has 3 aromatic carbocycles. The summed E-state index contributed by atoms with van der Waals surface area (Å²) in [4.78, 5) is 16.4. The van der Waals surface area contributed by atoms with E-state index in [-0.39, 0.29) is 26.4 Å². The molecule has 14 nitrogen and oxygen atoms in total. The Labute approximate surface area is 296 Å². The lowest BCUT2D eigenvalue weighted by Crippen LogP contribution is -2.65. The van der Waals surface area contributed by atoms with E-state index in [4.69, 9.17) is 42.6 Å². The third kappa shape index (κ3) is 9.12. The number of azide groups is 1. The minimum absolute atomic E-state index is 0.0600. The number of aliphatic hydroxyl groups excluding tert-OH is 1. The second kappa shape index (κ2) is 17.1. The van der Waals surface area contributed by atoms with Gasteiger partial charge in [0.25, 0.3) is 0 Å². The summed E-state index contributed by atoms with van der Waals surface area (Å²) < 4.78 is 55.2. The molecule has 4 unspecified atom stereocenters. The number of hydrogen-bond acceptors (Lipinski definition) is 12. The molecule has 1 N–H and O–H groups in total. The normalized spacial score (nSPS) is 31.3. The lowest BCUT2D eigenvalue weighted by molar-refractivity contribution is -0.330. The summed E-state index contributed by atoms with van der Waals surface area (Å²) in [6, 6.07) is 27.2. The van der Waals surface area contributed by atoms with Crippen LogP contribution in [-0.2, 0) is 67.2 Å². The van der Waals surface area contributed by atoms with Crippen molar-refractivity contribution in [2.75, 3.05) is 13.7 Å². The van der Waals surface area contributed by atoms with Crippen molar-refractivity contribution in [1.82, 2.24) is 0 Å². The lowest BCUT2D eigenvalue weighted by atomic mass is 9.95. The number of aliphatic hydroxyl groups is 1. The van der Waals surface area contributed by atoms with E-state index in [0.717, 1.165) is 16.7 Å². The third-order valence-corrected chi connectivity index (χ3v) is 8.83. The molecule has 0 amide bonds. The van der Waals surface area contributed by atoms with E-state index in [1.165, 1.54) is 7.11 Å². The van der Waals surface area contributed by atoms with Crippen LogP contribution < -0.4 is 0 Å². The summed E-state index contributed by atoms with van der Waals surface area (Å²) in [5, 5.41) is 15.6. The number of methoxy groups -OCH3 is 1. The Hall–Kier alpha value is -3.92. The predicted molar refractivity (Wildman–Crippen MR) is 179 cm³/mol. The zero-order valence-corrected chi connectivity index (χ0v) is 28.6. The van der Waals surface area contributed by atoms with Gasteiger partial charge in [-0.2, -0.15) is 0 Å². The summed E-state index contributed by atoms with van der Waals surface area (Å²) in [5.74, 6) is -1.83. The number of carbonyl (C=O) groups excluding carboxylic acids is 1. The number of benzene rings is 3. The Balaban J connectivity index is 1.31. The molecule has 51 heavy (non-hydrogen) atoms. The molecule has 0 spiro atoms. The Morgan fingerprint density at radius 3 is 1.96 bits per heavy atom. The molecule has 3 saturated heterocycles. The molecule has 3 aliphatic rings. The minimum Gasteiger partial charge on any atom is -0.467 e. The predicted octanol–water partition coefficient (Wildman–Crippen LogP) is 4.57. The number of rotatable bonds is 14. The Morgan fingerprint density at radius 2 is 1.39 bits per heavy atom. The van der Waals surface area contributed by atoms with Gasteiger partial charge in [-0.3, -0.25) is 0 Å². The monoisotopic (exact) mass is 705 g/mol. The van der Waals surface area contributed by atoms with Crippen LogP contribution >= 0.6 is 0 Å². The van der Waals surface area contributed by atoms with Gasteiger partial charge in [0.1, 0.15) is 36.6 Å². The molecule has 0 saturated carbocycles. The fourth-order valence-corrected chi connectivity index (χ4v) is 6.39. The summed E-state index contributed by atoms with van der Waals surface area (Å²) in [6.07, 6.45) is -10.1. The van der Waals surface area contributed by atoms with Crippen molar-refractivity contribution in [1.29, 1.82) is 0 Å². The molecule has 0 aliphatic carbocycles. The Kier molecular flexibility index (Phi) is 12.3. The van der Waals surface area contributed by atoms with Crippen LogP contribution in [0.15, 0.2) is 96.1 Å². The van der Waals surface area contributed by atoms with Gasteiger partial charge in [0.2, 0.25) is 0 Å². The highest BCUT2D eigenvalue weighted by molar-refractivity contribution is 5.75. The highest BCUT2D eigenvalue weighted by Gasteiger charge is 2.59. The van der Waals surface area contributed by atoms with Crippen molar-refractivity contribution in [3.05, 3.63) is 118 Å². The molecule has 272 valence electrons. The van der Waals surface area contributed by atoms with Crippen LogP contribution in [0, 0.1) is 0 Å². The van der Waals surface area contributed by atoms with Gasteiger partial charge in [-0.15, -0.1) is 0 Å². The van der Waals surface area contributed by atoms with Crippen LogP contribution in [0.4, 0.5) is 0 Å². The maximum atomic E-state index is 13.3. The second-order valence-corrected chi connectivity index (χ2v) is 12.9. The van der Waals surface area contributed by atoms with Crippen molar-refractivity contribution in [2.24, 2.45) is 5.11 Å². The van der Waals surface area contributed by atoms with E-state index in [2.05, 4.69) is 10.0 Å². The maximum absolute atomic E-state index is 13.3. The number of fused-ring (bicyclic) bond motifs is 1. The molecule has 6 rings (SSSR count). The highest BCUT2D eigenvalue weighted by Crippen LogP contribution is 2.40. The van der Waals surface area contributed by atoms with Gasteiger partial charge >= 0.3 is 5.97 Å². The van der Waals surface area contributed by atoms with Gasteiger partial charge in [0.05, 0.1) is 39.6 Å². The summed E-state index contributed by atoms with van der Waals surface area (Å²) in [6.45, 7) is 3.87. The first-order valence-corrected chi connectivity index (χ1v) is 16.8. The van der Waals surface area contributed by atoms with Crippen molar-refractivity contribution >= 4 is 5.97 Å². The van der Waals surface area contributed by atoms with Gasteiger partial charge in [0.15, 0.2) is 24.5 Å². The fourth-order valence-electron chi connectivity index (χ4n) is 6.39. The van der Waals surface area contributed by atoms with E-state index < -0.39 is 73.1 Å². The molecule has 0 bridgehead atoms. The average molecular weight is 706 g/mol. The maximum Gasteiger partial charge on any atom is 0.337 e. The molecule has 0 radical (unpaired) electrons. The molecule has 3 heterocycles. The zero-order valence-electron chi connectivity index (χ0n) is 28.6. The van der Waals surface area contributed by atoms with Gasteiger partial charge in [-0.1, -0.05) is 96.1 Å². The van der Waals surface area contributed by atoms with Crippen molar-refractivity contribution in [3.8, 4) is 0 Å². The lowest BCUT2D eigenvalue weighted by Gasteiger charge is -2.47. The number of carbonyl (C=O) groups is 1. The van der Waals surface area contributed by atoms with Gasteiger partial charge in [0, 0.05) is 4.91 Å². The topological polar surface area (TPSA) is 169 Å². The Bertz CT molecular complexity index is 1600.